The number of aliphatic hydroxyl groups is 1. The minimum Gasteiger partial charge on any atom is -0.391 e. The highest BCUT2D eigenvalue weighted by Gasteiger charge is 2.34. The topological polar surface area (TPSA) is 69.6 Å². The molecule has 0 saturated carbocycles. The summed E-state index contributed by atoms with van der Waals surface area (Å²) in [6.07, 6.45) is 1.42. The van der Waals surface area contributed by atoms with Gasteiger partial charge in [0.05, 0.1) is 6.10 Å². The highest BCUT2D eigenvalue weighted by Crippen LogP contribution is 2.19. The maximum Gasteiger partial charge on any atom is 0.242 e. The van der Waals surface area contributed by atoms with Crippen LogP contribution in [0.25, 0.3) is 0 Å². The first kappa shape index (κ1) is 17.5. The zero-order chi connectivity index (χ0) is 16.8. The predicted molar refractivity (Wildman–Crippen MR) is 88.7 cm³/mol. The third-order valence-electron chi connectivity index (χ3n) is 4.16. The summed E-state index contributed by atoms with van der Waals surface area (Å²) in [5, 5.41) is 12.8. The summed E-state index contributed by atoms with van der Waals surface area (Å²) >= 11 is 0. The fraction of sp³-hybridized carbons (Fsp3) is 0.556. The van der Waals surface area contributed by atoms with E-state index in [9.17, 15) is 14.7 Å². The Hall–Kier alpha value is -1.88. The van der Waals surface area contributed by atoms with Crippen molar-refractivity contribution in [1.82, 2.24) is 10.2 Å². The van der Waals surface area contributed by atoms with Crippen LogP contribution >= 0.6 is 0 Å². The van der Waals surface area contributed by atoms with Gasteiger partial charge in [0.1, 0.15) is 6.04 Å². The van der Waals surface area contributed by atoms with Crippen LogP contribution in [0.4, 0.5) is 0 Å². The first-order valence-electron chi connectivity index (χ1n) is 8.29. The van der Waals surface area contributed by atoms with Crippen LogP contribution in [0, 0.1) is 5.92 Å². The molecule has 0 bridgehead atoms. The van der Waals surface area contributed by atoms with Crippen LogP contribution < -0.4 is 5.32 Å². The molecule has 0 spiro atoms. The highest BCUT2D eigenvalue weighted by molar-refractivity contribution is 5.88. The van der Waals surface area contributed by atoms with Crippen LogP contribution in [0.3, 0.4) is 0 Å². The van der Waals surface area contributed by atoms with Gasteiger partial charge in [-0.1, -0.05) is 44.2 Å². The van der Waals surface area contributed by atoms with Crippen molar-refractivity contribution in [3.63, 3.8) is 0 Å². The number of rotatable bonds is 6. The monoisotopic (exact) mass is 318 g/mol. The molecule has 5 heteroatoms. The molecular weight excluding hydrogens is 292 g/mol. The first-order chi connectivity index (χ1) is 11.0. The Balaban J connectivity index is 1.83. The van der Waals surface area contributed by atoms with Crippen molar-refractivity contribution in [2.24, 2.45) is 5.92 Å². The quantitative estimate of drug-likeness (QED) is 0.832. The fourth-order valence-electron chi connectivity index (χ4n) is 2.93. The summed E-state index contributed by atoms with van der Waals surface area (Å²) in [7, 11) is 0. The van der Waals surface area contributed by atoms with E-state index in [1.165, 1.54) is 0 Å². The Kier molecular flexibility index (Phi) is 6.16. The number of hydrogen-bond donors (Lipinski definition) is 2. The van der Waals surface area contributed by atoms with Gasteiger partial charge in [-0.05, 0) is 18.4 Å². The van der Waals surface area contributed by atoms with Crippen molar-refractivity contribution in [2.45, 2.75) is 45.3 Å². The fourth-order valence-corrected chi connectivity index (χ4v) is 2.93. The predicted octanol–water partition coefficient (Wildman–Crippen LogP) is 1.35. The third-order valence-corrected chi connectivity index (χ3v) is 4.16. The zero-order valence-corrected chi connectivity index (χ0v) is 13.9. The van der Waals surface area contributed by atoms with E-state index < -0.39 is 12.1 Å². The SMILES string of the molecule is CC(C)C(=O)N1CCCC1C(=O)NCC(O)Cc1ccccc1. The summed E-state index contributed by atoms with van der Waals surface area (Å²) in [6, 6.07) is 9.28. The van der Waals surface area contributed by atoms with Gasteiger partial charge in [0.25, 0.3) is 0 Å². The minimum atomic E-state index is -0.628. The van der Waals surface area contributed by atoms with E-state index >= 15 is 0 Å². The Morgan fingerprint density at radius 2 is 2.00 bits per heavy atom. The molecule has 1 aliphatic heterocycles. The molecule has 1 saturated heterocycles. The molecule has 126 valence electrons. The molecular formula is C18H26N2O3. The number of hydrogen-bond acceptors (Lipinski definition) is 3. The van der Waals surface area contributed by atoms with Crippen molar-refractivity contribution in [3.05, 3.63) is 35.9 Å². The van der Waals surface area contributed by atoms with Crippen LogP contribution in [0.2, 0.25) is 0 Å². The number of carbonyl (C=O) groups excluding carboxylic acids is 2. The van der Waals surface area contributed by atoms with Crippen molar-refractivity contribution in [1.29, 1.82) is 0 Å². The number of benzene rings is 1. The molecule has 2 atom stereocenters. The smallest absolute Gasteiger partial charge is 0.242 e. The molecule has 2 amide bonds. The molecule has 1 heterocycles. The lowest BCUT2D eigenvalue weighted by Crippen LogP contribution is -2.48. The van der Waals surface area contributed by atoms with E-state index in [-0.39, 0.29) is 24.3 Å². The molecule has 2 N–H and O–H groups in total. The van der Waals surface area contributed by atoms with Crippen LogP contribution in [0.1, 0.15) is 32.3 Å². The second-order valence-electron chi connectivity index (χ2n) is 6.43. The molecule has 0 aliphatic carbocycles. The van der Waals surface area contributed by atoms with E-state index in [1.54, 1.807) is 4.90 Å². The number of aliphatic hydroxyl groups excluding tert-OH is 1. The largest absolute Gasteiger partial charge is 0.391 e. The number of amides is 2. The first-order valence-corrected chi connectivity index (χ1v) is 8.29. The summed E-state index contributed by atoms with van der Waals surface area (Å²) in [5.41, 5.74) is 1.03. The Morgan fingerprint density at radius 3 is 2.65 bits per heavy atom. The number of nitrogens with zero attached hydrogens (tertiary/aromatic N) is 1. The van der Waals surface area contributed by atoms with E-state index in [2.05, 4.69) is 5.32 Å². The second kappa shape index (κ2) is 8.11. The van der Waals surface area contributed by atoms with Crippen LogP contribution in [-0.2, 0) is 16.0 Å². The van der Waals surface area contributed by atoms with Crippen LogP contribution in [0.5, 0.6) is 0 Å². The van der Waals surface area contributed by atoms with Crippen LogP contribution in [0.15, 0.2) is 30.3 Å². The lowest BCUT2D eigenvalue weighted by Gasteiger charge is -2.26. The lowest BCUT2D eigenvalue weighted by atomic mass is 10.1. The van der Waals surface area contributed by atoms with Gasteiger partial charge in [-0.25, -0.2) is 0 Å². The summed E-state index contributed by atoms with van der Waals surface area (Å²) in [6.45, 7) is 4.54. The number of carbonyl (C=O) groups is 2. The molecule has 2 rings (SSSR count). The van der Waals surface area contributed by atoms with Crippen molar-refractivity contribution >= 4 is 11.8 Å². The average molecular weight is 318 g/mol. The molecule has 1 aromatic rings. The average Bonchev–Trinajstić information content (AvgIpc) is 3.02. The van der Waals surface area contributed by atoms with Crippen molar-refractivity contribution in [2.75, 3.05) is 13.1 Å². The van der Waals surface area contributed by atoms with Gasteiger partial charge in [0, 0.05) is 25.4 Å². The summed E-state index contributed by atoms with van der Waals surface area (Å²) < 4.78 is 0. The molecule has 0 aromatic heterocycles. The molecule has 23 heavy (non-hydrogen) atoms. The summed E-state index contributed by atoms with van der Waals surface area (Å²) in [5.74, 6) is -0.247. The van der Waals surface area contributed by atoms with E-state index in [1.807, 2.05) is 44.2 Å². The summed E-state index contributed by atoms with van der Waals surface area (Å²) in [4.78, 5) is 26.1. The van der Waals surface area contributed by atoms with Gasteiger partial charge < -0.3 is 15.3 Å². The molecule has 1 fully saturated rings. The van der Waals surface area contributed by atoms with Gasteiger partial charge in [0.15, 0.2) is 0 Å². The number of nitrogens with one attached hydrogen (secondary N) is 1. The van der Waals surface area contributed by atoms with Crippen molar-refractivity contribution in [3.8, 4) is 0 Å². The number of likely N-dealkylation sites (tertiary alicyclic amines) is 1. The van der Waals surface area contributed by atoms with Crippen LogP contribution in [-0.4, -0.2) is 47.1 Å². The van der Waals surface area contributed by atoms with Crippen molar-refractivity contribution < 1.29 is 14.7 Å². The Bertz CT molecular complexity index is 530. The van der Waals surface area contributed by atoms with Gasteiger partial charge in [-0.2, -0.15) is 0 Å². The molecule has 2 unspecified atom stereocenters. The van der Waals surface area contributed by atoms with E-state index in [0.717, 1.165) is 12.0 Å². The lowest BCUT2D eigenvalue weighted by molar-refractivity contribution is -0.140. The molecule has 5 nitrogen and oxygen atoms in total. The van der Waals surface area contributed by atoms with E-state index in [0.29, 0.717) is 19.4 Å². The minimum absolute atomic E-state index is 0.0208. The maximum absolute atomic E-state index is 12.3. The maximum atomic E-state index is 12.3. The molecule has 0 radical (unpaired) electrons. The second-order valence-corrected chi connectivity index (χ2v) is 6.43. The Morgan fingerprint density at radius 1 is 1.30 bits per heavy atom. The normalized spacial score (nSPS) is 19.0. The zero-order valence-electron chi connectivity index (χ0n) is 13.9. The van der Waals surface area contributed by atoms with Gasteiger partial charge in [-0.3, -0.25) is 9.59 Å². The Labute approximate surface area is 137 Å². The molecule has 1 aliphatic rings. The highest BCUT2D eigenvalue weighted by atomic mass is 16.3. The third kappa shape index (κ3) is 4.79. The van der Waals surface area contributed by atoms with E-state index in [4.69, 9.17) is 0 Å². The molecule has 1 aromatic carbocycles. The standard InChI is InChI=1S/C18H26N2O3/c1-13(2)18(23)20-10-6-9-16(20)17(22)19-12-15(21)11-14-7-4-3-5-8-14/h3-5,7-8,13,15-16,21H,6,9-12H2,1-2H3,(H,19,22). The van der Waals surface area contributed by atoms with Gasteiger partial charge in [-0.15, -0.1) is 0 Å². The van der Waals surface area contributed by atoms with Gasteiger partial charge in [0.2, 0.25) is 11.8 Å². The van der Waals surface area contributed by atoms with Gasteiger partial charge >= 0.3 is 0 Å².